The predicted octanol–water partition coefficient (Wildman–Crippen LogP) is 4.31. The Kier molecular flexibility index (Phi) is 2.56. The quantitative estimate of drug-likeness (QED) is 0.600. The first-order chi connectivity index (χ1) is 12.9. The normalized spacial score (nSPS) is 62.0. The molecular formula is C24H30O3. The summed E-state index contributed by atoms with van der Waals surface area (Å²) in [6.45, 7) is 4.99. The molecule has 3 nitrogen and oxygen atoms in total. The zero-order valence-corrected chi connectivity index (χ0v) is 16.5. The van der Waals surface area contributed by atoms with Crippen LogP contribution in [0, 0.1) is 52.3 Å². The summed E-state index contributed by atoms with van der Waals surface area (Å²) in [7, 11) is 0. The molecule has 1 heterocycles. The van der Waals surface area contributed by atoms with Crippen LogP contribution in [0.25, 0.3) is 0 Å². The molecule has 1 spiro atoms. The smallest absolute Gasteiger partial charge is 0.306 e. The molecule has 0 aromatic carbocycles. The Morgan fingerprint density at radius 3 is 2.63 bits per heavy atom. The van der Waals surface area contributed by atoms with Gasteiger partial charge >= 0.3 is 5.97 Å². The van der Waals surface area contributed by atoms with Crippen molar-refractivity contribution in [3.63, 3.8) is 0 Å². The molecule has 8 unspecified atom stereocenters. The van der Waals surface area contributed by atoms with Crippen LogP contribution >= 0.6 is 0 Å². The lowest BCUT2D eigenvalue weighted by Crippen LogP contribution is -2.57. The van der Waals surface area contributed by atoms with Gasteiger partial charge in [-0.15, -0.1) is 0 Å². The number of carbonyl (C=O) groups is 2. The molecular weight excluding hydrogens is 336 g/mol. The molecule has 0 bridgehead atoms. The summed E-state index contributed by atoms with van der Waals surface area (Å²) < 4.78 is 6.22. The van der Waals surface area contributed by atoms with Crippen molar-refractivity contribution in [1.29, 1.82) is 0 Å². The minimum absolute atomic E-state index is 0.0561. The number of hydrogen-bond donors (Lipinski definition) is 0. The molecule has 1 saturated heterocycles. The van der Waals surface area contributed by atoms with Crippen LogP contribution in [0.3, 0.4) is 0 Å². The van der Waals surface area contributed by atoms with E-state index >= 15 is 0 Å². The molecule has 6 aliphatic carbocycles. The Hall–Kier alpha value is -1.12. The van der Waals surface area contributed by atoms with E-state index in [1.165, 1.54) is 31.3 Å². The number of fused-ring (bicyclic) bond motifs is 12. The monoisotopic (exact) mass is 366 g/mol. The summed E-state index contributed by atoms with van der Waals surface area (Å²) in [6.07, 6.45) is 10.6. The highest BCUT2D eigenvalue weighted by atomic mass is 16.6. The molecule has 3 heteroatoms. The van der Waals surface area contributed by atoms with E-state index in [0.29, 0.717) is 24.0 Å². The Morgan fingerprint density at radius 2 is 1.85 bits per heavy atom. The number of ketones is 1. The third kappa shape index (κ3) is 1.58. The SMILES string of the molecule is CC12CCC(=O)C=C1C1CC1C1C2CC[C@@]2(C)C1C1CC1[C@@]21CCC(=O)O1. The zero-order chi connectivity index (χ0) is 18.3. The van der Waals surface area contributed by atoms with Gasteiger partial charge < -0.3 is 4.74 Å². The Bertz CT molecular complexity index is 827. The van der Waals surface area contributed by atoms with E-state index in [1.54, 1.807) is 0 Å². The second-order valence-electron chi connectivity index (χ2n) is 11.5. The van der Waals surface area contributed by atoms with Gasteiger partial charge in [0, 0.05) is 24.2 Å². The van der Waals surface area contributed by atoms with E-state index in [1.807, 2.05) is 0 Å². The van der Waals surface area contributed by atoms with E-state index in [2.05, 4.69) is 19.9 Å². The van der Waals surface area contributed by atoms with Crippen molar-refractivity contribution < 1.29 is 14.3 Å². The maximum absolute atomic E-state index is 12.2. The highest BCUT2D eigenvalue weighted by molar-refractivity contribution is 5.92. The van der Waals surface area contributed by atoms with Crippen molar-refractivity contribution in [3.05, 3.63) is 11.6 Å². The summed E-state index contributed by atoms with van der Waals surface area (Å²) in [5.41, 5.74) is 1.85. The standard InChI is InChI=1S/C24H30O3/c1-22-6-3-12(25)9-17(22)13-10-14(13)20-16(22)4-7-23(2)21(20)15-11-18(15)24(23)8-5-19(26)27-24/h9,13-16,18,20-21H,3-8,10-11H2,1-2H3/t13?,14?,15?,16?,18?,20?,21?,22?,23-,24-/m0/s1. The first kappa shape index (κ1) is 15.8. The maximum Gasteiger partial charge on any atom is 0.306 e. The van der Waals surface area contributed by atoms with Crippen molar-refractivity contribution in [2.75, 3.05) is 0 Å². The average molecular weight is 367 g/mol. The second kappa shape index (κ2) is 4.39. The number of hydrogen-bond acceptors (Lipinski definition) is 3. The van der Waals surface area contributed by atoms with Crippen LogP contribution in [-0.4, -0.2) is 17.4 Å². The maximum atomic E-state index is 12.2. The minimum atomic E-state index is -0.131. The second-order valence-corrected chi connectivity index (χ2v) is 11.5. The molecule has 0 aromatic rings. The van der Waals surface area contributed by atoms with Crippen molar-refractivity contribution >= 4 is 11.8 Å². The van der Waals surface area contributed by atoms with Crippen LogP contribution in [0.2, 0.25) is 0 Å². The van der Waals surface area contributed by atoms with Gasteiger partial charge in [-0.25, -0.2) is 0 Å². The lowest BCUT2D eigenvalue weighted by molar-refractivity contribution is -0.177. The highest BCUT2D eigenvalue weighted by Gasteiger charge is 2.81. The fourth-order valence-corrected chi connectivity index (χ4v) is 9.74. The molecule has 27 heavy (non-hydrogen) atoms. The summed E-state index contributed by atoms with van der Waals surface area (Å²) in [5, 5.41) is 0. The van der Waals surface area contributed by atoms with Crippen molar-refractivity contribution in [1.82, 2.24) is 0 Å². The summed E-state index contributed by atoms with van der Waals surface area (Å²) in [6, 6.07) is 0. The number of esters is 1. The van der Waals surface area contributed by atoms with Crippen LogP contribution in [0.4, 0.5) is 0 Å². The van der Waals surface area contributed by atoms with Gasteiger partial charge in [0.15, 0.2) is 5.78 Å². The van der Waals surface area contributed by atoms with Gasteiger partial charge in [0.05, 0.1) is 0 Å². The van der Waals surface area contributed by atoms with E-state index in [4.69, 9.17) is 4.74 Å². The van der Waals surface area contributed by atoms with Gasteiger partial charge in [-0.1, -0.05) is 19.4 Å². The summed E-state index contributed by atoms with van der Waals surface area (Å²) >= 11 is 0. The first-order valence-corrected chi connectivity index (χ1v) is 11.4. The molecule has 0 N–H and O–H groups in total. The lowest BCUT2D eigenvalue weighted by atomic mass is 9.45. The van der Waals surface area contributed by atoms with Crippen LogP contribution < -0.4 is 0 Å². The predicted molar refractivity (Wildman–Crippen MR) is 99.5 cm³/mol. The van der Waals surface area contributed by atoms with Crippen LogP contribution in [0.1, 0.15) is 65.2 Å². The lowest BCUT2D eigenvalue weighted by Gasteiger charge is -2.60. The van der Waals surface area contributed by atoms with Gasteiger partial charge in [0.2, 0.25) is 0 Å². The number of rotatable bonds is 0. The van der Waals surface area contributed by atoms with Gasteiger partial charge in [0.1, 0.15) is 5.60 Å². The van der Waals surface area contributed by atoms with E-state index in [-0.39, 0.29) is 22.4 Å². The van der Waals surface area contributed by atoms with Crippen molar-refractivity contribution in [3.8, 4) is 0 Å². The number of carbonyl (C=O) groups excluding carboxylic acids is 2. The molecule has 0 aromatic heterocycles. The Balaban J connectivity index is 1.33. The van der Waals surface area contributed by atoms with Crippen molar-refractivity contribution in [2.45, 2.75) is 70.8 Å². The Morgan fingerprint density at radius 1 is 1.00 bits per heavy atom. The molecule has 0 amide bonds. The molecule has 0 radical (unpaired) electrons. The molecule has 1 aliphatic heterocycles. The molecule has 7 aliphatic rings. The Labute approximate surface area is 161 Å². The van der Waals surface area contributed by atoms with Crippen molar-refractivity contribution in [2.24, 2.45) is 52.3 Å². The largest absolute Gasteiger partial charge is 0.458 e. The fourth-order valence-electron chi connectivity index (χ4n) is 9.74. The molecule has 5 saturated carbocycles. The van der Waals surface area contributed by atoms with Gasteiger partial charge in [0.25, 0.3) is 0 Å². The highest BCUT2D eigenvalue weighted by Crippen LogP contribution is 2.82. The van der Waals surface area contributed by atoms with Crippen LogP contribution in [0.5, 0.6) is 0 Å². The van der Waals surface area contributed by atoms with Gasteiger partial charge in [-0.2, -0.15) is 0 Å². The van der Waals surface area contributed by atoms with Crippen LogP contribution in [0.15, 0.2) is 11.6 Å². The zero-order valence-electron chi connectivity index (χ0n) is 16.5. The topological polar surface area (TPSA) is 43.4 Å². The molecule has 6 fully saturated rings. The third-order valence-corrected chi connectivity index (χ3v) is 10.9. The van der Waals surface area contributed by atoms with E-state index < -0.39 is 0 Å². The van der Waals surface area contributed by atoms with Crippen LogP contribution in [-0.2, 0) is 14.3 Å². The van der Waals surface area contributed by atoms with E-state index in [0.717, 1.165) is 48.9 Å². The average Bonchev–Trinajstić information content (AvgIpc) is 3.53. The third-order valence-electron chi connectivity index (χ3n) is 10.9. The molecule has 144 valence electrons. The fraction of sp³-hybridized carbons (Fsp3) is 0.833. The van der Waals surface area contributed by atoms with Gasteiger partial charge in [-0.05, 0) is 85.5 Å². The minimum Gasteiger partial charge on any atom is -0.458 e. The van der Waals surface area contributed by atoms with Gasteiger partial charge in [-0.3, -0.25) is 9.59 Å². The molecule has 10 atom stereocenters. The summed E-state index contributed by atoms with van der Waals surface area (Å²) in [4.78, 5) is 24.3. The molecule has 7 rings (SSSR count). The number of allylic oxidation sites excluding steroid dienone is 1. The summed E-state index contributed by atoms with van der Waals surface area (Å²) in [5.74, 6) is 5.65. The van der Waals surface area contributed by atoms with E-state index in [9.17, 15) is 9.59 Å². The first-order valence-electron chi connectivity index (χ1n) is 11.4. The number of ether oxygens (including phenoxy) is 1.